The molecule has 5 nitrogen and oxygen atoms in total. The van der Waals surface area contributed by atoms with Crippen LogP contribution in [0.4, 0.5) is 11.4 Å². The number of carbonyl (C=O) groups is 2. The quantitative estimate of drug-likeness (QED) is 0.663. The first kappa shape index (κ1) is 19.0. The summed E-state index contributed by atoms with van der Waals surface area (Å²) in [6, 6.07) is 18.1. The highest BCUT2D eigenvalue weighted by Gasteiger charge is 2.38. The molecule has 2 amide bonds. The molecule has 1 saturated carbocycles. The van der Waals surface area contributed by atoms with Gasteiger partial charge in [-0.3, -0.25) is 9.59 Å². The topological polar surface area (TPSA) is 70.2 Å². The van der Waals surface area contributed by atoms with Gasteiger partial charge in [0.2, 0.25) is 11.8 Å². The van der Waals surface area contributed by atoms with E-state index in [0.29, 0.717) is 12.5 Å². The summed E-state index contributed by atoms with van der Waals surface area (Å²) in [5, 5.41) is 9.14. The molecule has 5 heteroatoms. The van der Waals surface area contributed by atoms with Crippen molar-refractivity contribution in [2.45, 2.75) is 32.7 Å². The van der Waals surface area contributed by atoms with E-state index in [1.54, 1.807) is 0 Å². The maximum absolute atomic E-state index is 12.0. The zero-order valence-corrected chi connectivity index (χ0v) is 15.9. The van der Waals surface area contributed by atoms with Crippen LogP contribution in [0, 0.1) is 11.8 Å². The van der Waals surface area contributed by atoms with E-state index in [-0.39, 0.29) is 30.2 Å². The summed E-state index contributed by atoms with van der Waals surface area (Å²) in [6.07, 6.45) is 1.24. The Hall–Kier alpha value is -2.82. The number of hydrogen-bond acceptors (Lipinski definition) is 3. The number of benzene rings is 2. The predicted octanol–water partition coefficient (Wildman–Crippen LogP) is 3.96. The number of amides is 2. The average molecular weight is 365 g/mol. The zero-order valence-electron chi connectivity index (χ0n) is 15.9. The van der Waals surface area contributed by atoms with Gasteiger partial charge in [-0.05, 0) is 49.1 Å². The van der Waals surface area contributed by atoms with Crippen molar-refractivity contribution < 1.29 is 9.59 Å². The Morgan fingerprint density at radius 2 is 1.67 bits per heavy atom. The summed E-state index contributed by atoms with van der Waals surface area (Å²) in [5.41, 5.74) is 2.97. The molecular weight excluding hydrogens is 338 g/mol. The number of rotatable bonds is 8. The Balaban J connectivity index is 1.41. The molecule has 1 fully saturated rings. The lowest BCUT2D eigenvalue weighted by Crippen LogP contribution is -2.29. The molecule has 3 N–H and O–H groups in total. The van der Waals surface area contributed by atoms with Gasteiger partial charge in [-0.25, -0.2) is 0 Å². The summed E-state index contributed by atoms with van der Waals surface area (Å²) in [7, 11) is 0. The zero-order chi connectivity index (χ0) is 19.2. The molecule has 1 aliphatic rings. The SMILES string of the molecule is CC(Nc1ccc(NC(=O)CCNC(=O)C2CC2C)cc1)c1ccccc1. The summed E-state index contributed by atoms with van der Waals surface area (Å²) < 4.78 is 0. The van der Waals surface area contributed by atoms with Gasteiger partial charge in [0.15, 0.2) is 0 Å². The van der Waals surface area contributed by atoms with E-state index in [1.807, 2.05) is 42.5 Å². The largest absolute Gasteiger partial charge is 0.379 e. The molecule has 3 unspecified atom stereocenters. The van der Waals surface area contributed by atoms with E-state index in [0.717, 1.165) is 17.8 Å². The van der Waals surface area contributed by atoms with Crippen molar-refractivity contribution in [2.24, 2.45) is 11.8 Å². The van der Waals surface area contributed by atoms with Gasteiger partial charge in [0.1, 0.15) is 0 Å². The monoisotopic (exact) mass is 365 g/mol. The predicted molar refractivity (Wildman–Crippen MR) is 108 cm³/mol. The molecule has 0 radical (unpaired) electrons. The summed E-state index contributed by atoms with van der Waals surface area (Å²) in [5.74, 6) is 0.595. The Kier molecular flexibility index (Phi) is 6.12. The second kappa shape index (κ2) is 8.71. The number of nitrogens with one attached hydrogen (secondary N) is 3. The first-order valence-electron chi connectivity index (χ1n) is 9.52. The number of carbonyl (C=O) groups excluding carboxylic acids is 2. The first-order valence-corrected chi connectivity index (χ1v) is 9.52. The Labute approximate surface area is 160 Å². The molecule has 0 aliphatic heterocycles. The Bertz CT molecular complexity index is 774. The lowest BCUT2D eigenvalue weighted by atomic mass is 10.1. The molecule has 3 atom stereocenters. The van der Waals surface area contributed by atoms with E-state index in [4.69, 9.17) is 0 Å². The summed E-state index contributed by atoms with van der Waals surface area (Å²) in [6.45, 7) is 4.56. The average Bonchev–Trinajstić information content (AvgIpc) is 3.41. The molecule has 0 saturated heterocycles. The maximum atomic E-state index is 12.0. The van der Waals surface area contributed by atoms with Crippen LogP contribution in [-0.2, 0) is 9.59 Å². The van der Waals surface area contributed by atoms with Crippen LogP contribution in [0.15, 0.2) is 54.6 Å². The van der Waals surface area contributed by atoms with Gasteiger partial charge in [-0.2, -0.15) is 0 Å². The highest BCUT2D eigenvalue weighted by molar-refractivity contribution is 5.91. The second-order valence-corrected chi connectivity index (χ2v) is 7.26. The number of anilines is 2. The molecule has 0 heterocycles. The fourth-order valence-electron chi connectivity index (χ4n) is 3.07. The highest BCUT2D eigenvalue weighted by atomic mass is 16.2. The van der Waals surface area contributed by atoms with Gasteiger partial charge < -0.3 is 16.0 Å². The normalized spacial score (nSPS) is 19.0. The number of hydrogen-bond donors (Lipinski definition) is 3. The van der Waals surface area contributed by atoms with Crippen molar-refractivity contribution in [1.29, 1.82) is 0 Å². The Morgan fingerprint density at radius 1 is 1.04 bits per heavy atom. The van der Waals surface area contributed by atoms with Crippen molar-refractivity contribution in [3.63, 3.8) is 0 Å². The third kappa shape index (κ3) is 5.58. The second-order valence-electron chi connectivity index (χ2n) is 7.26. The van der Waals surface area contributed by atoms with E-state index >= 15 is 0 Å². The van der Waals surface area contributed by atoms with Crippen LogP contribution in [0.25, 0.3) is 0 Å². The van der Waals surface area contributed by atoms with Crippen LogP contribution in [-0.4, -0.2) is 18.4 Å². The van der Waals surface area contributed by atoms with E-state index < -0.39 is 0 Å². The van der Waals surface area contributed by atoms with Crippen LogP contribution in [0.5, 0.6) is 0 Å². The van der Waals surface area contributed by atoms with Crippen LogP contribution in [0.2, 0.25) is 0 Å². The van der Waals surface area contributed by atoms with Crippen LogP contribution in [0.3, 0.4) is 0 Å². The summed E-state index contributed by atoms with van der Waals surface area (Å²) >= 11 is 0. The molecule has 142 valence electrons. The van der Waals surface area contributed by atoms with Gasteiger partial charge in [-0.15, -0.1) is 0 Å². The van der Waals surface area contributed by atoms with E-state index in [2.05, 4.69) is 41.9 Å². The van der Waals surface area contributed by atoms with Crippen LogP contribution in [0.1, 0.15) is 38.3 Å². The van der Waals surface area contributed by atoms with Crippen molar-refractivity contribution in [3.8, 4) is 0 Å². The minimum Gasteiger partial charge on any atom is -0.379 e. The molecule has 2 aromatic carbocycles. The third-order valence-corrected chi connectivity index (χ3v) is 4.95. The van der Waals surface area contributed by atoms with Crippen LogP contribution >= 0.6 is 0 Å². The highest BCUT2D eigenvalue weighted by Crippen LogP contribution is 2.37. The standard InChI is InChI=1S/C22H27N3O2/c1-15-14-20(15)22(27)23-13-12-21(26)25-19-10-8-18(9-11-19)24-16(2)17-6-4-3-5-7-17/h3-11,15-16,20,24H,12-14H2,1-2H3,(H,23,27)(H,25,26). The van der Waals surface area contributed by atoms with Gasteiger partial charge in [0, 0.05) is 36.3 Å². The fraction of sp³-hybridized carbons (Fsp3) is 0.364. The Morgan fingerprint density at radius 3 is 2.30 bits per heavy atom. The molecule has 0 bridgehead atoms. The third-order valence-electron chi connectivity index (χ3n) is 4.95. The van der Waals surface area contributed by atoms with Crippen molar-refractivity contribution in [3.05, 3.63) is 60.2 Å². The van der Waals surface area contributed by atoms with Crippen molar-refractivity contribution in [2.75, 3.05) is 17.2 Å². The molecule has 27 heavy (non-hydrogen) atoms. The molecule has 2 aromatic rings. The summed E-state index contributed by atoms with van der Waals surface area (Å²) in [4.78, 5) is 23.7. The minimum atomic E-state index is -0.0995. The van der Waals surface area contributed by atoms with Gasteiger partial charge >= 0.3 is 0 Å². The molecular formula is C22H27N3O2. The molecule has 0 spiro atoms. The van der Waals surface area contributed by atoms with Crippen molar-refractivity contribution in [1.82, 2.24) is 5.32 Å². The van der Waals surface area contributed by atoms with Crippen LogP contribution < -0.4 is 16.0 Å². The van der Waals surface area contributed by atoms with E-state index in [9.17, 15) is 9.59 Å². The maximum Gasteiger partial charge on any atom is 0.226 e. The fourth-order valence-corrected chi connectivity index (χ4v) is 3.07. The van der Waals surface area contributed by atoms with E-state index in [1.165, 1.54) is 5.56 Å². The van der Waals surface area contributed by atoms with Gasteiger partial charge in [0.05, 0.1) is 0 Å². The minimum absolute atomic E-state index is 0.0678. The van der Waals surface area contributed by atoms with Gasteiger partial charge in [0.25, 0.3) is 0 Å². The lowest BCUT2D eigenvalue weighted by molar-refractivity contribution is -0.122. The molecule has 0 aromatic heterocycles. The molecule has 3 rings (SSSR count). The lowest BCUT2D eigenvalue weighted by Gasteiger charge is -2.16. The molecule has 1 aliphatic carbocycles. The van der Waals surface area contributed by atoms with Crippen molar-refractivity contribution >= 4 is 23.2 Å². The smallest absolute Gasteiger partial charge is 0.226 e. The first-order chi connectivity index (χ1) is 13.0. The van der Waals surface area contributed by atoms with Gasteiger partial charge in [-0.1, -0.05) is 37.3 Å².